The van der Waals surface area contributed by atoms with Crippen LogP contribution in [0.5, 0.6) is 0 Å². The lowest BCUT2D eigenvalue weighted by Crippen LogP contribution is -2.50. The van der Waals surface area contributed by atoms with Gasteiger partial charge in [0.15, 0.2) is 0 Å². The molecule has 9 nitrogen and oxygen atoms in total. The van der Waals surface area contributed by atoms with Gasteiger partial charge in [-0.05, 0) is 24.6 Å². The molecule has 0 unspecified atom stereocenters. The fraction of sp³-hybridized carbons (Fsp3) is 0.462. The number of aliphatic imine (C=N–C) groups is 1. The van der Waals surface area contributed by atoms with Gasteiger partial charge in [0.05, 0.1) is 5.75 Å². The zero-order valence-electron chi connectivity index (χ0n) is 13.1. The van der Waals surface area contributed by atoms with Gasteiger partial charge < -0.3 is 15.8 Å². The maximum absolute atomic E-state index is 12.2. The van der Waals surface area contributed by atoms with Crippen molar-refractivity contribution in [2.75, 3.05) is 31.8 Å². The minimum atomic E-state index is -3.56. The van der Waals surface area contributed by atoms with Crippen LogP contribution in [-0.4, -0.2) is 56.1 Å². The van der Waals surface area contributed by atoms with Crippen LogP contribution in [0.15, 0.2) is 23.3 Å². The number of amides is 1. The Morgan fingerprint density at radius 2 is 2.26 bits per heavy atom. The van der Waals surface area contributed by atoms with E-state index in [0.29, 0.717) is 5.56 Å². The van der Waals surface area contributed by atoms with Gasteiger partial charge in [-0.2, -0.15) is 0 Å². The molecular formula is C13H19N5O4S. The summed E-state index contributed by atoms with van der Waals surface area (Å²) in [5.74, 6) is -0.384. The van der Waals surface area contributed by atoms with E-state index in [9.17, 15) is 13.2 Å². The number of anilines is 1. The summed E-state index contributed by atoms with van der Waals surface area (Å²) in [5.41, 5.74) is 5.25. The van der Waals surface area contributed by atoms with Crippen molar-refractivity contribution in [2.45, 2.75) is 12.5 Å². The Morgan fingerprint density at radius 1 is 1.57 bits per heavy atom. The van der Waals surface area contributed by atoms with Gasteiger partial charge in [-0.15, -0.1) is 0 Å². The highest BCUT2D eigenvalue weighted by Crippen LogP contribution is 2.32. The molecule has 1 aromatic rings. The molecular weight excluding hydrogens is 322 g/mol. The van der Waals surface area contributed by atoms with E-state index in [1.165, 1.54) is 20.4 Å². The number of nitrogens with zero attached hydrogens (tertiary/aromatic N) is 3. The van der Waals surface area contributed by atoms with E-state index >= 15 is 0 Å². The number of ether oxygens (including phenoxy) is 1. The lowest BCUT2D eigenvalue weighted by atomic mass is 9.95. The molecule has 2 rings (SSSR count). The van der Waals surface area contributed by atoms with Crippen molar-refractivity contribution >= 4 is 27.7 Å². The second kappa shape index (κ2) is 6.13. The molecule has 0 aromatic carbocycles. The van der Waals surface area contributed by atoms with Crippen LogP contribution in [0.1, 0.15) is 12.5 Å². The molecule has 1 aliphatic rings. The monoisotopic (exact) mass is 341 g/mol. The third-order valence-corrected chi connectivity index (χ3v) is 5.44. The molecule has 0 aliphatic carbocycles. The van der Waals surface area contributed by atoms with Crippen molar-refractivity contribution < 1.29 is 17.9 Å². The second-order valence-corrected chi connectivity index (χ2v) is 7.38. The Morgan fingerprint density at radius 3 is 2.87 bits per heavy atom. The zero-order valence-corrected chi connectivity index (χ0v) is 13.9. The first-order valence-corrected chi connectivity index (χ1v) is 8.36. The maximum Gasteiger partial charge on any atom is 0.251 e. The molecule has 0 bridgehead atoms. The number of nitrogens with two attached hydrogens (primary N) is 1. The van der Waals surface area contributed by atoms with E-state index in [4.69, 9.17) is 10.5 Å². The molecule has 1 aromatic heterocycles. The molecule has 23 heavy (non-hydrogen) atoms. The topological polar surface area (TPSA) is 127 Å². The van der Waals surface area contributed by atoms with Gasteiger partial charge in [-0.1, -0.05) is 0 Å². The summed E-state index contributed by atoms with van der Waals surface area (Å²) in [7, 11) is -0.795. The lowest BCUT2D eigenvalue weighted by Gasteiger charge is -2.34. The molecule has 3 N–H and O–H groups in total. The number of aromatic nitrogens is 1. The van der Waals surface area contributed by atoms with Crippen molar-refractivity contribution in [2.24, 2.45) is 10.7 Å². The first-order valence-electron chi connectivity index (χ1n) is 6.75. The number of rotatable bonds is 4. The van der Waals surface area contributed by atoms with Gasteiger partial charge in [-0.25, -0.2) is 22.7 Å². The van der Waals surface area contributed by atoms with Crippen LogP contribution in [0.25, 0.3) is 0 Å². The molecule has 0 radical (unpaired) electrons. The van der Waals surface area contributed by atoms with Crippen LogP contribution in [0.4, 0.5) is 5.82 Å². The van der Waals surface area contributed by atoms with Crippen LogP contribution in [0.3, 0.4) is 0 Å². The summed E-state index contributed by atoms with van der Waals surface area (Å²) < 4.78 is 30.1. The smallest absolute Gasteiger partial charge is 0.251 e. The van der Waals surface area contributed by atoms with Crippen molar-refractivity contribution in [1.29, 1.82) is 0 Å². The van der Waals surface area contributed by atoms with Gasteiger partial charge in [0.1, 0.15) is 18.0 Å². The van der Waals surface area contributed by atoms with Crippen LogP contribution in [0, 0.1) is 0 Å². The predicted octanol–water partition coefficient (Wildman–Crippen LogP) is -0.528. The summed E-state index contributed by atoms with van der Waals surface area (Å²) in [6, 6.07) is 3.22. The molecule has 2 heterocycles. The fourth-order valence-electron chi connectivity index (χ4n) is 2.24. The molecule has 0 fully saturated rings. The van der Waals surface area contributed by atoms with Gasteiger partial charge >= 0.3 is 0 Å². The van der Waals surface area contributed by atoms with E-state index in [1.807, 2.05) is 0 Å². The molecule has 0 saturated heterocycles. The minimum absolute atomic E-state index is 0.0828. The number of hydrogen-bond acceptors (Lipinski definition) is 7. The van der Waals surface area contributed by atoms with Gasteiger partial charge in [0.25, 0.3) is 5.91 Å². The van der Waals surface area contributed by atoms with Crippen molar-refractivity contribution in [3.05, 3.63) is 23.9 Å². The highest BCUT2D eigenvalue weighted by molar-refractivity contribution is 7.89. The number of sulfonamides is 1. The van der Waals surface area contributed by atoms with Gasteiger partial charge in [0.2, 0.25) is 16.0 Å². The highest BCUT2D eigenvalue weighted by Gasteiger charge is 2.40. The quantitative estimate of drug-likeness (QED) is 0.758. The van der Waals surface area contributed by atoms with Crippen molar-refractivity contribution in [1.82, 2.24) is 9.29 Å². The van der Waals surface area contributed by atoms with Crippen LogP contribution in [0.2, 0.25) is 0 Å². The molecule has 1 aliphatic heterocycles. The number of carbonyl (C=O) groups is 1. The SMILES string of the molecule is COCC(=O)Nc1cc([C@]2(C)CS(=O)(=O)N(C)C(N)=N2)ccn1. The fourth-order valence-corrected chi connectivity index (χ4v) is 3.70. The van der Waals surface area contributed by atoms with Crippen LogP contribution >= 0.6 is 0 Å². The summed E-state index contributed by atoms with van der Waals surface area (Å²) in [4.78, 5) is 19.9. The summed E-state index contributed by atoms with van der Waals surface area (Å²) in [6.45, 7) is 1.56. The van der Waals surface area contributed by atoms with Crippen molar-refractivity contribution in [3.8, 4) is 0 Å². The van der Waals surface area contributed by atoms with E-state index < -0.39 is 15.6 Å². The number of guanidine groups is 1. The Hall–Kier alpha value is -2.20. The van der Waals surface area contributed by atoms with Crippen LogP contribution in [-0.2, 0) is 25.1 Å². The standard InChI is InChI=1S/C13H19N5O4S/c1-13(8-23(20,21)18(2)12(14)17-13)9-4-5-15-10(6-9)16-11(19)7-22-3/h4-6H,7-8H2,1-3H3,(H2,14,17)(H,15,16,19)/t13-/m0/s1. The van der Waals surface area contributed by atoms with E-state index in [0.717, 1.165) is 4.31 Å². The number of carbonyl (C=O) groups excluding carboxylic acids is 1. The minimum Gasteiger partial charge on any atom is -0.375 e. The van der Waals surface area contributed by atoms with E-state index in [1.54, 1.807) is 19.1 Å². The average molecular weight is 341 g/mol. The first kappa shape index (κ1) is 17.2. The molecule has 1 amide bonds. The molecule has 10 heteroatoms. The van der Waals surface area contributed by atoms with Gasteiger partial charge in [-0.3, -0.25) is 4.79 Å². The third kappa shape index (κ3) is 3.59. The Kier molecular flexibility index (Phi) is 4.57. The number of nitrogens with one attached hydrogen (secondary N) is 1. The zero-order chi connectivity index (χ0) is 17.3. The predicted molar refractivity (Wildman–Crippen MR) is 85.3 cm³/mol. The third-order valence-electron chi connectivity index (χ3n) is 3.49. The Balaban J connectivity index is 2.36. The van der Waals surface area contributed by atoms with E-state index in [-0.39, 0.29) is 30.0 Å². The lowest BCUT2D eigenvalue weighted by molar-refractivity contribution is -0.119. The molecule has 1 atom stereocenters. The largest absolute Gasteiger partial charge is 0.375 e. The second-order valence-electron chi connectivity index (χ2n) is 5.38. The highest BCUT2D eigenvalue weighted by atomic mass is 32.2. The summed E-state index contributed by atoms with van der Waals surface area (Å²) in [6.07, 6.45) is 1.47. The van der Waals surface area contributed by atoms with Crippen LogP contribution < -0.4 is 11.1 Å². The molecule has 0 spiro atoms. The van der Waals surface area contributed by atoms with Gasteiger partial charge in [0, 0.05) is 20.4 Å². The summed E-state index contributed by atoms with van der Waals surface area (Å²) in [5, 5.41) is 2.57. The Bertz CT molecular complexity index is 748. The molecule has 0 saturated carbocycles. The normalized spacial score (nSPS) is 23.3. The average Bonchev–Trinajstić information content (AvgIpc) is 2.45. The first-order chi connectivity index (χ1) is 10.7. The number of pyridine rings is 1. The number of methoxy groups -OCH3 is 1. The number of hydrogen-bond donors (Lipinski definition) is 2. The maximum atomic E-state index is 12.2. The van der Waals surface area contributed by atoms with Crippen molar-refractivity contribution in [3.63, 3.8) is 0 Å². The molecule has 126 valence electrons. The Labute approximate surface area is 134 Å². The summed E-state index contributed by atoms with van der Waals surface area (Å²) >= 11 is 0. The van der Waals surface area contributed by atoms with E-state index in [2.05, 4.69) is 15.3 Å².